The SMILES string of the molecule is OC(c1ccc2ccccc2c1)(c1ccc2ccccc2c1)c1cc2ccccc2[nH]1. The first-order valence-corrected chi connectivity index (χ1v) is 10.5. The lowest BCUT2D eigenvalue weighted by molar-refractivity contribution is 0.122. The predicted molar refractivity (Wildman–Crippen MR) is 128 cm³/mol. The Labute approximate surface area is 180 Å². The summed E-state index contributed by atoms with van der Waals surface area (Å²) in [7, 11) is 0. The van der Waals surface area contributed by atoms with Gasteiger partial charge in [-0.1, -0.05) is 91.0 Å². The van der Waals surface area contributed by atoms with Crippen molar-refractivity contribution in [3.05, 3.63) is 132 Å². The molecule has 2 nitrogen and oxygen atoms in total. The van der Waals surface area contributed by atoms with Crippen LogP contribution in [0.15, 0.2) is 115 Å². The molecule has 0 atom stereocenters. The van der Waals surface area contributed by atoms with E-state index >= 15 is 0 Å². The molecule has 2 N–H and O–H groups in total. The molecule has 0 spiro atoms. The van der Waals surface area contributed by atoms with Gasteiger partial charge in [0.15, 0.2) is 5.60 Å². The Kier molecular flexibility index (Phi) is 3.95. The number of aromatic nitrogens is 1. The fourth-order valence-electron chi connectivity index (χ4n) is 4.57. The largest absolute Gasteiger partial charge is 0.375 e. The molecule has 0 aliphatic heterocycles. The molecule has 0 saturated heterocycles. The molecule has 1 heterocycles. The Hall–Kier alpha value is -3.88. The predicted octanol–water partition coefficient (Wildman–Crippen LogP) is 6.76. The topological polar surface area (TPSA) is 36.0 Å². The summed E-state index contributed by atoms with van der Waals surface area (Å²) >= 11 is 0. The van der Waals surface area contributed by atoms with Gasteiger partial charge in [-0.15, -0.1) is 0 Å². The van der Waals surface area contributed by atoms with E-state index in [1.54, 1.807) is 0 Å². The van der Waals surface area contributed by atoms with E-state index in [4.69, 9.17) is 0 Å². The Bertz CT molecular complexity index is 1450. The minimum Gasteiger partial charge on any atom is -0.375 e. The molecule has 6 aromatic rings. The second-order valence-corrected chi connectivity index (χ2v) is 8.10. The lowest BCUT2D eigenvalue weighted by atomic mass is 9.82. The van der Waals surface area contributed by atoms with Crippen LogP contribution in [0.4, 0.5) is 0 Å². The van der Waals surface area contributed by atoms with Crippen LogP contribution in [0, 0.1) is 0 Å². The van der Waals surface area contributed by atoms with Crippen LogP contribution in [-0.4, -0.2) is 10.1 Å². The Morgan fingerprint density at radius 3 is 1.52 bits per heavy atom. The zero-order valence-corrected chi connectivity index (χ0v) is 16.9. The van der Waals surface area contributed by atoms with Crippen molar-refractivity contribution in [2.75, 3.05) is 0 Å². The minimum absolute atomic E-state index is 0.763. The number of benzene rings is 5. The van der Waals surface area contributed by atoms with Crippen molar-refractivity contribution in [2.45, 2.75) is 5.60 Å². The summed E-state index contributed by atoms with van der Waals surface area (Å²) < 4.78 is 0. The van der Waals surface area contributed by atoms with Crippen molar-refractivity contribution >= 4 is 32.4 Å². The highest BCUT2D eigenvalue weighted by atomic mass is 16.3. The summed E-state index contributed by atoms with van der Waals surface area (Å²) in [4.78, 5) is 3.48. The van der Waals surface area contributed by atoms with Crippen LogP contribution in [0.5, 0.6) is 0 Å². The van der Waals surface area contributed by atoms with Gasteiger partial charge in [-0.3, -0.25) is 0 Å². The molecule has 0 unspecified atom stereocenters. The zero-order valence-electron chi connectivity index (χ0n) is 16.9. The average molecular weight is 399 g/mol. The van der Waals surface area contributed by atoms with Crippen LogP contribution in [0.2, 0.25) is 0 Å². The highest BCUT2D eigenvalue weighted by Crippen LogP contribution is 2.39. The Morgan fingerprint density at radius 2 is 0.968 bits per heavy atom. The third-order valence-corrected chi connectivity index (χ3v) is 6.25. The molecule has 0 bridgehead atoms. The lowest BCUT2D eigenvalue weighted by Crippen LogP contribution is -2.29. The van der Waals surface area contributed by atoms with E-state index in [9.17, 15) is 5.11 Å². The molecule has 5 aromatic carbocycles. The van der Waals surface area contributed by atoms with Crippen LogP contribution in [0.25, 0.3) is 32.4 Å². The molecule has 2 heteroatoms. The van der Waals surface area contributed by atoms with E-state index in [0.29, 0.717) is 0 Å². The molecule has 0 amide bonds. The summed E-state index contributed by atoms with van der Waals surface area (Å²) in [5.74, 6) is 0. The molecule has 148 valence electrons. The van der Waals surface area contributed by atoms with Gasteiger partial charge in [0, 0.05) is 5.52 Å². The molecule has 0 aliphatic rings. The van der Waals surface area contributed by atoms with E-state index in [1.807, 2.05) is 54.6 Å². The molecule has 0 aliphatic carbocycles. The van der Waals surface area contributed by atoms with Crippen LogP contribution in [0.3, 0.4) is 0 Å². The molecular formula is C29H21NO. The quantitative estimate of drug-likeness (QED) is 0.339. The van der Waals surface area contributed by atoms with Gasteiger partial charge in [-0.2, -0.15) is 0 Å². The number of nitrogens with one attached hydrogen (secondary N) is 1. The Balaban J connectivity index is 1.65. The maximum atomic E-state index is 12.4. The number of H-pyrrole nitrogens is 1. The van der Waals surface area contributed by atoms with Crippen molar-refractivity contribution in [1.82, 2.24) is 4.98 Å². The molecule has 0 saturated carbocycles. The van der Waals surface area contributed by atoms with E-state index in [-0.39, 0.29) is 0 Å². The van der Waals surface area contributed by atoms with Gasteiger partial charge in [0.2, 0.25) is 0 Å². The van der Waals surface area contributed by atoms with Gasteiger partial charge >= 0.3 is 0 Å². The number of fused-ring (bicyclic) bond motifs is 3. The molecule has 6 rings (SSSR count). The van der Waals surface area contributed by atoms with Gasteiger partial charge in [0.25, 0.3) is 0 Å². The monoisotopic (exact) mass is 399 g/mol. The molecule has 31 heavy (non-hydrogen) atoms. The van der Waals surface area contributed by atoms with Gasteiger partial charge in [-0.05, 0) is 62.3 Å². The first-order chi connectivity index (χ1) is 15.2. The number of rotatable bonds is 3. The van der Waals surface area contributed by atoms with E-state index in [1.165, 1.54) is 0 Å². The van der Waals surface area contributed by atoms with Crippen molar-refractivity contribution < 1.29 is 5.11 Å². The smallest absolute Gasteiger partial charge is 0.155 e. The third kappa shape index (κ3) is 2.84. The van der Waals surface area contributed by atoms with Crippen molar-refractivity contribution in [2.24, 2.45) is 0 Å². The normalized spacial score (nSPS) is 12.0. The molecule has 1 aromatic heterocycles. The van der Waals surface area contributed by atoms with Gasteiger partial charge < -0.3 is 10.1 Å². The van der Waals surface area contributed by atoms with Crippen molar-refractivity contribution in [1.29, 1.82) is 0 Å². The number of aliphatic hydroxyl groups is 1. The van der Waals surface area contributed by atoms with Crippen molar-refractivity contribution in [3.8, 4) is 0 Å². The summed E-state index contributed by atoms with van der Waals surface area (Å²) in [6, 6.07) is 39.1. The van der Waals surface area contributed by atoms with Crippen LogP contribution >= 0.6 is 0 Å². The fourth-order valence-corrected chi connectivity index (χ4v) is 4.57. The summed E-state index contributed by atoms with van der Waals surface area (Å²) in [6.07, 6.45) is 0. The zero-order chi connectivity index (χ0) is 20.8. The van der Waals surface area contributed by atoms with Crippen molar-refractivity contribution in [3.63, 3.8) is 0 Å². The van der Waals surface area contributed by atoms with Crippen LogP contribution in [0.1, 0.15) is 16.8 Å². The Morgan fingerprint density at radius 1 is 0.484 bits per heavy atom. The number of aromatic amines is 1. The maximum Gasteiger partial charge on any atom is 0.155 e. The fraction of sp³-hybridized carbons (Fsp3) is 0.0345. The number of hydrogen-bond acceptors (Lipinski definition) is 1. The highest BCUT2D eigenvalue weighted by molar-refractivity contribution is 5.86. The van der Waals surface area contributed by atoms with Gasteiger partial charge in [-0.25, -0.2) is 0 Å². The standard InChI is InChI=1S/C29H21NO/c31-29(28-19-24-11-5-6-12-27(24)30-28,25-15-13-20-7-1-3-9-22(20)17-25)26-16-14-21-8-2-4-10-23(21)18-26/h1-19,30-31H. The second-order valence-electron chi connectivity index (χ2n) is 8.10. The van der Waals surface area contributed by atoms with E-state index < -0.39 is 5.60 Å². The first-order valence-electron chi connectivity index (χ1n) is 10.5. The summed E-state index contributed by atoms with van der Waals surface area (Å²) in [6.45, 7) is 0. The van der Waals surface area contributed by atoms with Gasteiger partial charge in [0.05, 0.1) is 5.69 Å². The van der Waals surface area contributed by atoms with E-state index in [0.717, 1.165) is 49.3 Å². The first kappa shape index (κ1) is 17.9. The second kappa shape index (κ2) is 6.83. The third-order valence-electron chi connectivity index (χ3n) is 6.25. The van der Waals surface area contributed by atoms with Gasteiger partial charge in [0.1, 0.15) is 0 Å². The van der Waals surface area contributed by atoms with E-state index in [2.05, 4.69) is 65.6 Å². The van der Waals surface area contributed by atoms with Crippen LogP contribution in [-0.2, 0) is 5.60 Å². The summed E-state index contributed by atoms with van der Waals surface area (Å²) in [5, 5.41) is 18.0. The minimum atomic E-state index is -1.31. The van der Waals surface area contributed by atoms with Crippen LogP contribution < -0.4 is 0 Å². The molecule has 0 radical (unpaired) electrons. The maximum absolute atomic E-state index is 12.4. The number of hydrogen-bond donors (Lipinski definition) is 2. The average Bonchev–Trinajstić information content (AvgIpc) is 3.28. The lowest BCUT2D eigenvalue weighted by Gasteiger charge is -2.29. The molecular weight excluding hydrogens is 378 g/mol. The molecule has 0 fully saturated rings. The number of para-hydroxylation sites is 1. The highest BCUT2D eigenvalue weighted by Gasteiger charge is 2.36. The summed E-state index contributed by atoms with van der Waals surface area (Å²) in [5.41, 5.74) is 2.14.